The molecule has 1 amide bonds. The maximum Gasteiger partial charge on any atom is 0.259 e. The molecular weight excluding hydrogens is 501 g/mol. The van der Waals surface area contributed by atoms with Crippen LogP contribution >= 0.6 is 38.5 Å². The van der Waals surface area contributed by atoms with Crippen molar-refractivity contribution in [2.24, 2.45) is 5.10 Å². The number of rotatable bonds is 6. The van der Waals surface area contributed by atoms with Gasteiger partial charge in [-0.1, -0.05) is 0 Å². The lowest BCUT2D eigenvalue weighted by Crippen LogP contribution is -2.25. The van der Waals surface area contributed by atoms with Gasteiger partial charge in [-0.2, -0.15) is 5.10 Å². The van der Waals surface area contributed by atoms with Gasteiger partial charge in [0.15, 0.2) is 11.5 Å². The average molecular weight is 518 g/mol. The predicted octanol–water partition coefficient (Wildman–Crippen LogP) is 3.64. The molecule has 0 saturated carbocycles. The minimum atomic E-state index is -0.274. The maximum atomic E-state index is 11.8. The van der Waals surface area contributed by atoms with E-state index < -0.39 is 0 Å². The molecule has 2 aromatic carbocycles. The molecule has 0 saturated heterocycles. The normalized spacial score (nSPS) is 10.7. The molecule has 132 valence electrons. The van der Waals surface area contributed by atoms with Gasteiger partial charge < -0.3 is 15.2 Å². The van der Waals surface area contributed by atoms with Gasteiger partial charge in [0, 0.05) is 9.26 Å². The Kier molecular flexibility index (Phi) is 7.06. The van der Waals surface area contributed by atoms with Gasteiger partial charge in [0.05, 0.1) is 24.3 Å². The van der Waals surface area contributed by atoms with Crippen molar-refractivity contribution in [3.05, 3.63) is 49.5 Å². The van der Waals surface area contributed by atoms with Gasteiger partial charge >= 0.3 is 0 Å². The van der Waals surface area contributed by atoms with Crippen LogP contribution in [0.3, 0.4) is 0 Å². The third-order valence-electron chi connectivity index (χ3n) is 3.26. The Balaban J connectivity index is 1.89. The first-order valence-corrected chi connectivity index (χ1v) is 9.16. The monoisotopic (exact) mass is 517 g/mol. The number of carbonyl (C=O) groups is 1. The number of nitrogens with one attached hydrogen (secondary N) is 2. The summed E-state index contributed by atoms with van der Waals surface area (Å²) < 4.78 is 6.81. The van der Waals surface area contributed by atoms with E-state index in [0.717, 1.165) is 11.3 Å². The van der Waals surface area contributed by atoms with E-state index in [1.165, 1.54) is 23.0 Å². The Morgan fingerprint density at radius 2 is 2.16 bits per heavy atom. The summed E-state index contributed by atoms with van der Waals surface area (Å²) in [4.78, 5) is 11.8. The number of hydrazone groups is 1. The highest BCUT2D eigenvalue weighted by Crippen LogP contribution is 2.34. The van der Waals surface area contributed by atoms with Gasteiger partial charge in [-0.15, -0.1) is 0 Å². The SMILES string of the molecule is COc1c(O)cc(/C=N\NC(=O)CNc2ccc(I)c(C)c2)cc1Br. The Morgan fingerprint density at radius 1 is 1.40 bits per heavy atom. The largest absolute Gasteiger partial charge is 0.504 e. The minimum absolute atomic E-state index is 0.0135. The van der Waals surface area contributed by atoms with Crippen LogP contribution in [0.25, 0.3) is 0 Å². The summed E-state index contributed by atoms with van der Waals surface area (Å²) in [6.07, 6.45) is 1.44. The Labute approximate surface area is 167 Å². The molecule has 0 fully saturated rings. The van der Waals surface area contributed by atoms with Crippen molar-refractivity contribution < 1.29 is 14.6 Å². The van der Waals surface area contributed by atoms with Crippen LogP contribution in [0.15, 0.2) is 39.9 Å². The number of methoxy groups -OCH3 is 1. The molecule has 0 bridgehead atoms. The lowest BCUT2D eigenvalue weighted by Gasteiger charge is -2.08. The number of phenolic OH excluding ortho intramolecular Hbond substituents is 1. The highest BCUT2D eigenvalue weighted by Gasteiger charge is 2.08. The maximum absolute atomic E-state index is 11.8. The molecule has 0 atom stereocenters. The number of carbonyl (C=O) groups excluding carboxylic acids is 1. The van der Waals surface area contributed by atoms with Crippen LogP contribution in [0.4, 0.5) is 5.69 Å². The number of aryl methyl sites for hydroxylation is 1. The summed E-state index contributed by atoms with van der Waals surface area (Å²) in [5.41, 5.74) is 5.07. The standard InChI is InChI=1S/C17H17BrIN3O3/c1-10-5-12(3-4-14(10)19)20-9-16(24)22-21-8-11-6-13(18)17(25-2)15(23)7-11/h3-8,20,23H,9H2,1-2H3,(H,22,24)/b21-8-. The van der Waals surface area contributed by atoms with Gasteiger partial charge in [0.2, 0.25) is 0 Å². The van der Waals surface area contributed by atoms with Crippen molar-refractivity contribution in [1.29, 1.82) is 0 Å². The molecular formula is C17H17BrIN3O3. The molecule has 3 N–H and O–H groups in total. The Morgan fingerprint density at radius 3 is 2.80 bits per heavy atom. The van der Waals surface area contributed by atoms with Gasteiger partial charge in [-0.3, -0.25) is 4.79 Å². The molecule has 0 aliphatic rings. The summed E-state index contributed by atoms with van der Waals surface area (Å²) in [6, 6.07) is 9.11. The van der Waals surface area contributed by atoms with E-state index in [0.29, 0.717) is 15.8 Å². The fourth-order valence-electron chi connectivity index (χ4n) is 2.03. The van der Waals surface area contributed by atoms with E-state index >= 15 is 0 Å². The van der Waals surface area contributed by atoms with E-state index in [-0.39, 0.29) is 18.2 Å². The van der Waals surface area contributed by atoms with E-state index in [2.05, 4.69) is 54.4 Å². The molecule has 2 rings (SSSR count). The zero-order valence-electron chi connectivity index (χ0n) is 13.6. The van der Waals surface area contributed by atoms with Crippen molar-refractivity contribution in [3.63, 3.8) is 0 Å². The van der Waals surface area contributed by atoms with Crippen molar-refractivity contribution in [3.8, 4) is 11.5 Å². The predicted molar refractivity (Wildman–Crippen MR) is 110 cm³/mol. The minimum Gasteiger partial charge on any atom is -0.504 e. The Hall–Kier alpha value is -1.81. The van der Waals surface area contributed by atoms with Crippen LogP contribution < -0.4 is 15.5 Å². The van der Waals surface area contributed by atoms with E-state index in [9.17, 15) is 9.90 Å². The summed E-state index contributed by atoms with van der Waals surface area (Å²) in [6.45, 7) is 2.12. The number of hydrogen-bond acceptors (Lipinski definition) is 5. The van der Waals surface area contributed by atoms with Crippen molar-refractivity contribution in [2.75, 3.05) is 19.0 Å². The van der Waals surface area contributed by atoms with Crippen LogP contribution in [0, 0.1) is 10.5 Å². The van der Waals surface area contributed by atoms with Crippen LogP contribution in [-0.2, 0) is 4.79 Å². The molecule has 0 radical (unpaired) electrons. The van der Waals surface area contributed by atoms with Gasteiger partial charge in [0.1, 0.15) is 0 Å². The summed E-state index contributed by atoms with van der Waals surface area (Å²) in [7, 11) is 1.47. The molecule has 0 aliphatic carbocycles. The molecule has 8 heteroatoms. The molecule has 0 spiro atoms. The second kappa shape index (κ2) is 9.04. The van der Waals surface area contributed by atoms with E-state index in [1.807, 2.05) is 25.1 Å². The van der Waals surface area contributed by atoms with Crippen molar-refractivity contribution in [2.45, 2.75) is 6.92 Å². The Bertz CT molecular complexity index is 789. The number of halogens is 2. The number of anilines is 1. The highest BCUT2D eigenvalue weighted by molar-refractivity contribution is 14.1. The van der Waals surface area contributed by atoms with Crippen LogP contribution in [-0.4, -0.2) is 30.9 Å². The zero-order chi connectivity index (χ0) is 18.4. The summed E-state index contributed by atoms with van der Waals surface area (Å²) >= 11 is 5.56. The lowest BCUT2D eigenvalue weighted by atomic mass is 10.2. The number of benzene rings is 2. The summed E-state index contributed by atoms with van der Waals surface area (Å²) in [5, 5.41) is 16.7. The summed E-state index contributed by atoms with van der Waals surface area (Å²) in [5.74, 6) is 0.0582. The first-order valence-electron chi connectivity index (χ1n) is 7.29. The van der Waals surface area contributed by atoms with Crippen LogP contribution in [0.1, 0.15) is 11.1 Å². The number of hydrogen-bond donors (Lipinski definition) is 3. The number of nitrogens with zero attached hydrogens (tertiary/aromatic N) is 1. The van der Waals surface area contributed by atoms with Gasteiger partial charge in [-0.05, 0) is 86.9 Å². The number of ether oxygens (including phenoxy) is 1. The van der Waals surface area contributed by atoms with E-state index in [1.54, 1.807) is 6.07 Å². The van der Waals surface area contributed by atoms with Gasteiger partial charge in [0.25, 0.3) is 5.91 Å². The molecule has 0 aromatic heterocycles. The smallest absolute Gasteiger partial charge is 0.259 e. The van der Waals surface area contributed by atoms with Gasteiger partial charge in [-0.25, -0.2) is 5.43 Å². The first kappa shape index (κ1) is 19.5. The van der Waals surface area contributed by atoms with Crippen molar-refractivity contribution in [1.82, 2.24) is 5.43 Å². The van der Waals surface area contributed by atoms with E-state index in [4.69, 9.17) is 4.74 Å². The third-order valence-corrected chi connectivity index (χ3v) is 5.06. The zero-order valence-corrected chi connectivity index (χ0v) is 17.4. The topological polar surface area (TPSA) is 83.0 Å². The molecule has 0 heterocycles. The number of aromatic hydroxyl groups is 1. The molecule has 6 nitrogen and oxygen atoms in total. The molecule has 0 unspecified atom stereocenters. The third kappa shape index (κ3) is 5.60. The fourth-order valence-corrected chi connectivity index (χ4v) is 3.00. The second-order valence-electron chi connectivity index (χ2n) is 5.17. The van der Waals surface area contributed by atoms with Crippen molar-refractivity contribution >= 4 is 56.3 Å². The highest BCUT2D eigenvalue weighted by atomic mass is 127. The average Bonchev–Trinajstić information content (AvgIpc) is 2.56. The molecule has 2 aromatic rings. The fraction of sp³-hybridized carbons (Fsp3) is 0.176. The first-order chi connectivity index (χ1) is 11.9. The lowest BCUT2D eigenvalue weighted by molar-refractivity contribution is -0.119. The molecule has 0 aliphatic heterocycles. The van der Waals surface area contributed by atoms with Crippen LogP contribution in [0.2, 0.25) is 0 Å². The quantitative estimate of drug-likeness (QED) is 0.310. The second-order valence-corrected chi connectivity index (χ2v) is 7.18. The van der Waals surface area contributed by atoms with Crippen LogP contribution in [0.5, 0.6) is 11.5 Å². The number of amides is 1. The molecule has 25 heavy (non-hydrogen) atoms. The number of phenols is 1.